The molecule has 10 heteroatoms. The number of anilines is 2. The standard InChI is InChI=1S/C16H15N7O2S/c1-10-7-12(21-25-10)17-15(24)8-22(2)14-4-3-13-18-19-16(23(13)20-14)11-5-6-26-9-11/h3-7,9H,8H2,1-2H3,(H,17,21,24). The number of hydrogen-bond acceptors (Lipinski definition) is 8. The second-order valence-electron chi connectivity index (χ2n) is 5.72. The normalized spacial score (nSPS) is 11.0. The summed E-state index contributed by atoms with van der Waals surface area (Å²) in [6, 6.07) is 7.24. The number of carbonyl (C=O) groups is 1. The van der Waals surface area contributed by atoms with Gasteiger partial charge in [-0.15, -0.1) is 15.3 Å². The van der Waals surface area contributed by atoms with E-state index in [1.807, 2.05) is 22.9 Å². The maximum absolute atomic E-state index is 12.2. The molecule has 0 saturated heterocycles. The monoisotopic (exact) mass is 369 g/mol. The van der Waals surface area contributed by atoms with Crippen LogP contribution >= 0.6 is 11.3 Å². The third kappa shape index (κ3) is 3.14. The highest BCUT2D eigenvalue weighted by atomic mass is 32.1. The van der Waals surface area contributed by atoms with Gasteiger partial charge in [0.25, 0.3) is 0 Å². The topological polar surface area (TPSA) is 101 Å². The molecule has 0 aromatic carbocycles. The van der Waals surface area contributed by atoms with Crippen molar-refractivity contribution in [1.29, 1.82) is 0 Å². The Kier molecular flexibility index (Phi) is 4.09. The van der Waals surface area contributed by atoms with Crippen LogP contribution in [0.5, 0.6) is 0 Å². The molecule has 4 heterocycles. The van der Waals surface area contributed by atoms with Crippen molar-refractivity contribution in [2.75, 3.05) is 23.8 Å². The third-order valence-electron chi connectivity index (χ3n) is 3.70. The van der Waals surface area contributed by atoms with E-state index >= 15 is 0 Å². The summed E-state index contributed by atoms with van der Waals surface area (Å²) in [6.45, 7) is 1.87. The number of rotatable bonds is 5. The van der Waals surface area contributed by atoms with E-state index in [9.17, 15) is 4.79 Å². The van der Waals surface area contributed by atoms with Gasteiger partial charge in [-0.1, -0.05) is 5.16 Å². The van der Waals surface area contributed by atoms with Crippen molar-refractivity contribution in [3.63, 3.8) is 0 Å². The van der Waals surface area contributed by atoms with Crippen molar-refractivity contribution < 1.29 is 9.32 Å². The van der Waals surface area contributed by atoms with Crippen LogP contribution in [0.1, 0.15) is 5.76 Å². The van der Waals surface area contributed by atoms with Crippen molar-refractivity contribution in [2.45, 2.75) is 6.92 Å². The fraction of sp³-hybridized carbons (Fsp3) is 0.188. The van der Waals surface area contributed by atoms with Crippen molar-refractivity contribution in [3.05, 3.63) is 40.8 Å². The zero-order valence-corrected chi connectivity index (χ0v) is 14.9. The summed E-state index contributed by atoms with van der Waals surface area (Å²) >= 11 is 1.58. The van der Waals surface area contributed by atoms with E-state index in [0.29, 0.717) is 28.9 Å². The summed E-state index contributed by atoms with van der Waals surface area (Å²) in [7, 11) is 1.79. The van der Waals surface area contributed by atoms with Crippen molar-refractivity contribution >= 4 is 34.5 Å². The quantitative estimate of drug-likeness (QED) is 0.575. The molecule has 4 aromatic heterocycles. The Balaban J connectivity index is 1.54. The van der Waals surface area contributed by atoms with Gasteiger partial charge >= 0.3 is 0 Å². The average Bonchev–Trinajstić information content (AvgIpc) is 3.34. The number of nitrogens with one attached hydrogen (secondary N) is 1. The fourth-order valence-corrected chi connectivity index (χ4v) is 3.09. The second kappa shape index (κ2) is 6.56. The van der Waals surface area contributed by atoms with Gasteiger partial charge in [-0.3, -0.25) is 4.79 Å². The Morgan fingerprint density at radius 3 is 2.96 bits per heavy atom. The van der Waals surface area contributed by atoms with Crippen LogP contribution in [0.2, 0.25) is 0 Å². The lowest BCUT2D eigenvalue weighted by Crippen LogP contribution is -2.31. The van der Waals surface area contributed by atoms with Crippen LogP contribution in [0.3, 0.4) is 0 Å². The number of thiophene rings is 1. The number of carbonyl (C=O) groups excluding carboxylic acids is 1. The summed E-state index contributed by atoms with van der Waals surface area (Å²) in [6.07, 6.45) is 0. The molecule has 0 bridgehead atoms. The van der Waals surface area contributed by atoms with Crippen LogP contribution in [0.15, 0.2) is 39.5 Å². The van der Waals surface area contributed by atoms with Crippen LogP contribution in [0.4, 0.5) is 11.6 Å². The van der Waals surface area contributed by atoms with E-state index in [-0.39, 0.29) is 12.5 Å². The maximum Gasteiger partial charge on any atom is 0.245 e. The SMILES string of the molecule is Cc1cc(NC(=O)CN(C)c2ccc3nnc(-c4ccsc4)n3n2)no1. The van der Waals surface area contributed by atoms with Gasteiger partial charge in [0, 0.05) is 24.1 Å². The van der Waals surface area contributed by atoms with Gasteiger partial charge < -0.3 is 14.7 Å². The number of hydrogen-bond donors (Lipinski definition) is 1. The lowest BCUT2D eigenvalue weighted by Gasteiger charge is -2.17. The number of aryl methyl sites for hydroxylation is 1. The summed E-state index contributed by atoms with van der Waals surface area (Å²) in [5, 5.41) is 23.3. The lowest BCUT2D eigenvalue weighted by atomic mass is 10.3. The molecule has 9 nitrogen and oxygen atoms in total. The molecular weight excluding hydrogens is 354 g/mol. The number of amides is 1. The van der Waals surface area contributed by atoms with Crippen molar-refractivity contribution in [2.24, 2.45) is 0 Å². The summed E-state index contributed by atoms with van der Waals surface area (Å²) in [5.41, 5.74) is 1.60. The molecule has 0 aliphatic heterocycles. The zero-order valence-electron chi connectivity index (χ0n) is 14.1. The Bertz CT molecular complexity index is 1050. The van der Waals surface area contributed by atoms with Crippen molar-refractivity contribution in [1.82, 2.24) is 25.0 Å². The van der Waals surface area contributed by atoms with Crippen LogP contribution in [0, 0.1) is 6.92 Å². The molecule has 4 aromatic rings. The Morgan fingerprint density at radius 2 is 2.23 bits per heavy atom. The molecule has 1 amide bonds. The van der Waals surface area contributed by atoms with E-state index in [4.69, 9.17) is 4.52 Å². The molecule has 0 aliphatic carbocycles. The molecule has 132 valence electrons. The largest absolute Gasteiger partial charge is 0.360 e. The molecule has 0 unspecified atom stereocenters. The van der Waals surface area contributed by atoms with Gasteiger partial charge in [0.05, 0.1) is 6.54 Å². The number of fused-ring (bicyclic) bond motifs is 1. The zero-order chi connectivity index (χ0) is 18.1. The van der Waals surface area contributed by atoms with E-state index in [0.717, 1.165) is 5.56 Å². The van der Waals surface area contributed by atoms with Crippen molar-refractivity contribution in [3.8, 4) is 11.4 Å². The average molecular weight is 369 g/mol. The first-order valence-corrected chi connectivity index (χ1v) is 8.74. The number of nitrogens with zero attached hydrogens (tertiary/aromatic N) is 6. The summed E-state index contributed by atoms with van der Waals surface area (Å²) < 4.78 is 6.61. The first-order chi connectivity index (χ1) is 12.6. The molecule has 0 atom stereocenters. The van der Waals surface area contributed by atoms with E-state index in [1.165, 1.54) is 0 Å². The molecular formula is C16H15N7O2S. The molecule has 0 spiro atoms. The third-order valence-corrected chi connectivity index (χ3v) is 4.38. The van der Waals surface area contributed by atoms with E-state index < -0.39 is 0 Å². The van der Waals surface area contributed by atoms with Gasteiger partial charge in [-0.05, 0) is 30.5 Å². The minimum atomic E-state index is -0.218. The summed E-state index contributed by atoms with van der Waals surface area (Å²) in [4.78, 5) is 13.9. The first kappa shape index (κ1) is 16.2. The number of aromatic nitrogens is 5. The summed E-state index contributed by atoms with van der Waals surface area (Å²) in [5.74, 6) is 2.10. The molecule has 0 aliphatic rings. The Morgan fingerprint density at radius 1 is 1.35 bits per heavy atom. The van der Waals surface area contributed by atoms with Crippen LogP contribution in [-0.2, 0) is 4.79 Å². The van der Waals surface area contributed by atoms with Crippen LogP contribution in [-0.4, -0.2) is 44.5 Å². The van der Waals surface area contributed by atoms with Gasteiger partial charge in [-0.25, -0.2) is 0 Å². The molecule has 0 fully saturated rings. The fourth-order valence-electron chi connectivity index (χ4n) is 2.46. The molecule has 0 radical (unpaired) electrons. The van der Waals surface area contributed by atoms with Crippen LogP contribution in [0.25, 0.3) is 17.0 Å². The first-order valence-electron chi connectivity index (χ1n) is 7.79. The molecule has 1 N–H and O–H groups in total. The van der Waals surface area contributed by atoms with E-state index in [2.05, 4.69) is 25.8 Å². The van der Waals surface area contributed by atoms with Crippen LogP contribution < -0.4 is 10.2 Å². The van der Waals surface area contributed by atoms with Gasteiger partial charge in [0.2, 0.25) is 5.91 Å². The Labute approximate surface area is 152 Å². The minimum Gasteiger partial charge on any atom is -0.360 e. The van der Waals surface area contributed by atoms with Gasteiger partial charge in [-0.2, -0.15) is 15.9 Å². The molecule has 26 heavy (non-hydrogen) atoms. The molecule has 4 rings (SSSR count). The predicted molar refractivity (Wildman–Crippen MR) is 97.2 cm³/mol. The smallest absolute Gasteiger partial charge is 0.245 e. The molecule has 0 saturated carbocycles. The highest BCUT2D eigenvalue weighted by molar-refractivity contribution is 7.08. The second-order valence-corrected chi connectivity index (χ2v) is 6.50. The predicted octanol–water partition coefficient (Wildman–Crippen LogP) is 2.22. The van der Waals surface area contributed by atoms with E-state index in [1.54, 1.807) is 46.9 Å². The Hall–Kier alpha value is -3.27. The minimum absolute atomic E-state index is 0.111. The number of likely N-dealkylation sites (N-methyl/N-ethyl adjacent to an activating group) is 1. The highest BCUT2D eigenvalue weighted by Gasteiger charge is 2.14. The maximum atomic E-state index is 12.2. The highest BCUT2D eigenvalue weighted by Crippen LogP contribution is 2.21. The van der Waals surface area contributed by atoms with Gasteiger partial charge in [0.15, 0.2) is 17.3 Å². The lowest BCUT2D eigenvalue weighted by molar-refractivity contribution is -0.115. The van der Waals surface area contributed by atoms with Gasteiger partial charge in [0.1, 0.15) is 11.6 Å².